The van der Waals surface area contributed by atoms with E-state index in [0.29, 0.717) is 5.39 Å². The second kappa shape index (κ2) is 4.07. The molecule has 0 aliphatic rings. The number of H-pyrrole nitrogens is 1. The Morgan fingerprint density at radius 1 is 1.06 bits per heavy atom. The van der Waals surface area contributed by atoms with Gasteiger partial charge >= 0.3 is 0 Å². The average Bonchev–Trinajstić information content (AvgIpc) is 2.41. The predicted molar refractivity (Wildman–Crippen MR) is 70.3 cm³/mol. The lowest BCUT2D eigenvalue weighted by Crippen LogP contribution is -2.09. The Morgan fingerprint density at radius 3 is 2.56 bits per heavy atom. The van der Waals surface area contributed by atoms with Crippen molar-refractivity contribution in [2.24, 2.45) is 0 Å². The highest BCUT2D eigenvalue weighted by atomic mass is 16.1. The van der Waals surface area contributed by atoms with Gasteiger partial charge in [-0.05, 0) is 25.1 Å². The highest BCUT2D eigenvalue weighted by Gasteiger charge is 2.07. The van der Waals surface area contributed by atoms with Crippen LogP contribution in [0.4, 0.5) is 0 Å². The smallest absolute Gasteiger partial charge is 0.267 e. The number of aromatic amines is 1. The number of hydrogen-bond donors (Lipinski definition) is 1. The summed E-state index contributed by atoms with van der Waals surface area (Å²) in [5, 5.41) is 8.13. The second-order valence-corrected chi connectivity index (χ2v) is 4.14. The maximum Gasteiger partial charge on any atom is 0.272 e. The third kappa shape index (κ3) is 1.68. The normalized spacial score (nSPS) is 10.7. The molecule has 1 aromatic carbocycles. The van der Waals surface area contributed by atoms with Gasteiger partial charge in [0.15, 0.2) is 0 Å². The molecule has 88 valence electrons. The maximum absolute atomic E-state index is 11.7. The van der Waals surface area contributed by atoms with Gasteiger partial charge < -0.3 is 0 Å². The Labute approximate surface area is 103 Å². The monoisotopic (exact) mass is 237 g/mol. The van der Waals surface area contributed by atoms with Crippen LogP contribution < -0.4 is 5.56 Å². The SMILES string of the molecule is Cc1ccc(-c2n[nH]c(=O)c3ccccc23)cn1. The first kappa shape index (κ1) is 10.7. The summed E-state index contributed by atoms with van der Waals surface area (Å²) in [5.74, 6) is 0. The number of benzene rings is 1. The minimum Gasteiger partial charge on any atom is -0.267 e. The summed E-state index contributed by atoms with van der Waals surface area (Å²) in [6, 6.07) is 11.3. The van der Waals surface area contributed by atoms with Gasteiger partial charge in [0, 0.05) is 22.8 Å². The first-order valence-corrected chi connectivity index (χ1v) is 5.66. The molecule has 0 radical (unpaired) electrons. The molecule has 2 heterocycles. The maximum atomic E-state index is 11.7. The molecule has 3 rings (SSSR count). The minimum atomic E-state index is -0.172. The third-order valence-corrected chi connectivity index (χ3v) is 2.88. The van der Waals surface area contributed by atoms with Crippen LogP contribution in [0.1, 0.15) is 5.69 Å². The molecule has 18 heavy (non-hydrogen) atoms. The van der Waals surface area contributed by atoms with Crippen molar-refractivity contribution in [2.75, 3.05) is 0 Å². The summed E-state index contributed by atoms with van der Waals surface area (Å²) in [6.45, 7) is 1.93. The molecular formula is C14H11N3O. The Hall–Kier alpha value is -2.49. The van der Waals surface area contributed by atoms with Crippen molar-refractivity contribution < 1.29 is 0 Å². The summed E-state index contributed by atoms with van der Waals surface area (Å²) in [7, 11) is 0. The van der Waals surface area contributed by atoms with Gasteiger partial charge in [-0.15, -0.1) is 0 Å². The van der Waals surface area contributed by atoms with Crippen LogP contribution in [0.25, 0.3) is 22.0 Å². The Bertz CT molecular complexity index is 760. The summed E-state index contributed by atoms with van der Waals surface area (Å²) < 4.78 is 0. The number of pyridine rings is 1. The van der Waals surface area contributed by atoms with Crippen molar-refractivity contribution in [1.82, 2.24) is 15.2 Å². The molecule has 3 aromatic rings. The lowest BCUT2D eigenvalue weighted by molar-refractivity contribution is 1.01. The molecule has 0 unspecified atom stereocenters. The van der Waals surface area contributed by atoms with Crippen LogP contribution in [0, 0.1) is 6.92 Å². The lowest BCUT2D eigenvalue weighted by atomic mass is 10.1. The number of aromatic nitrogens is 3. The van der Waals surface area contributed by atoms with Gasteiger partial charge in [0.05, 0.1) is 5.39 Å². The Morgan fingerprint density at radius 2 is 1.83 bits per heavy atom. The van der Waals surface area contributed by atoms with Crippen LogP contribution in [0.3, 0.4) is 0 Å². The zero-order chi connectivity index (χ0) is 12.5. The van der Waals surface area contributed by atoms with E-state index in [9.17, 15) is 4.79 Å². The van der Waals surface area contributed by atoms with E-state index in [1.807, 2.05) is 37.3 Å². The summed E-state index contributed by atoms with van der Waals surface area (Å²) in [5.41, 5.74) is 2.42. The highest BCUT2D eigenvalue weighted by molar-refractivity contribution is 5.93. The molecule has 0 spiro atoms. The van der Waals surface area contributed by atoms with Crippen molar-refractivity contribution in [3.8, 4) is 11.3 Å². The van der Waals surface area contributed by atoms with E-state index < -0.39 is 0 Å². The van der Waals surface area contributed by atoms with Crippen molar-refractivity contribution in [2.45, 2.75) is 6.92 Å². The first-order chi connectivity index (χ1) is 8.75. The quantitative estimate of drug-likeness (QED) is 0.706. The predicted octanol–water partition coefficient (Wildman–Crippen LogP) is 2.29. The molecular weight excluding hydrogens is 226 g/mol. The number of rotatable bonds is 1. The molecule has 0 amide bonds. The molecule has 4 heteroatoms. The second-order valence-electron chi connectivity index (χ2n) is 4.14. The van der Waals surface area contributed by atoms with Gasteiger partial charge in [0.25, 0.3) is 5.56 Å². The first-order valence-electron chi connectivity index (χ1n) is 5.66. The summed E-state index contributed by atoms with van der Waals surface area (Å²) in [6.07, 6.45) is 1.77. The number of hydrogen-bond acceptors (Lipinski definition) is 3. The van der Waals surface area contributed by atoms with Gasteiger partial charge in [0.2, 0.25) is 0 Å². The fraction of sp³-hybridized carbons (Fsp3) is 0.0714. The van der Waals surface area contributed by atoms with Crippen molar-refractivity contribution in [3.63, 3.8) is 0 Å². The van der Waals surface area contributed by atoms with Crippen LogP contribution in [-0.4, -0.2) is 15.2 Å². The van der Waals surface area contributed by atoms with Gasteiger partial charge in [-0.1, -0.05) is 18.2 Å². The van der Waals surface area contributed by atoms with Crippen LogP contribution in [-0.2, 0) is 0 Å². The number of aryl methyl sites for hydroxylation is 1. The van der Waals surface area contributed by atoms with Gasteiger partial charge in [-0.3, -0.25) is 9.78 Å². The molecule has 0 saturated heterocycles. The fourth-order valence-electron chi connectivity index (χ4n) is 1.94. The topological polar surface area (TPSA) is 58.6 Å². The van der Waals surface area contributed by atoms with E-state index in [2.05, 4.69) is 15.2 Å². The van der Waals surface area contributed by atoms with Crippen LogP contribution >= 0.6 is 0 Å². The number of nitrogens with one attached hydrogen (secondary N) is 1. The van der Waals surface area contributed by atoms with E-state index in [1.165, 1.54) is 0 Å². The largest absolute Gasteiger partial charge is 0.272 e. The molecule has 0 fully saturated rings. The lowest BCUT2D eigenvalue weighted by Gasteiger charge is -2.04. The van der Waals surface area contributed by atoms with Crippen molar-refractivity contribution in [1.29, 1.82) is 0 Å². The molecule has 4 nitrogen and oxygen atoms in total. The van der Waals surface area contributed by atoms with E-state index in [1.54, 1.807) is 12.3 Å². The molecule has 1 N–H and O–H groups in total. The van der Waals surface area contributed by atoms with Crippen LogP contribution in [0.2, 0.25) is 0 Å². The standard InChI is InChI=1S/C14H11N3O/c1-9-6-7-10(8-15-9)13-11-4-2-3-5-12(11)14(18)17-16-13/h2-8H,1H3,(H,17,18). The molecule has 0 saturated carbocycles. The molecule has 2 aromatic heterocycles. The Balaban J connectivity index is 2.33. The van der Waals surface area contributed by atoms with Gasteiger partial charge in [0.1, 0.15) is 5.69 Å². The van der Waals surface area contributed by atoms with Gasteiger partial charge in [-0.2, -0.15) is 5.10 Å². The van der Waals surface area contributed by atoms with E-state index in [-0.39, 0.29) is 5.56 Å². The molecule has 0 atom stereocenters. The number of nitrogens with zero attached hydrogens (tertiary/aromatic N) is 2. The fourth-order valence-corrected chi connectivity index (χ4v) is 1.94. The van der Waals surface area contributed by atoms with Crippen LogP contribution in [0.5, 0.6) is 0 Å². The van der Waals surface area contributed by atoms with Crippen molar-refractivity contribution >= 4 is 10.8 Å². The van der Waals surface area contributed by atoms with E-state index in [0.717, 1.165) is 22.3 Å². The highest BCUT2D eigenvalue weighted by Crippen LogP contribution is 2.23. The zero-order valence-corrected chi connectivity index (χ0v) is 9.84. The van der Waals surface area contributed by atoms with E-state index in [4.69, 9.17) is 0 Å². The summed E-state index contributed by atoms with van der Waals surface area (Å²) in [4.78, 5) is 15.9. The van der Waals surface area contributed by atoms with Gasteiger partial charge in [-0.25, -0.2) is 5.10 Å². The minimum absolute atomic E-state index is 0.172. The zero-order valence-electron chi connectivity index (χ0n) is 9.84. The number of fused-ring (bicyclic) bond motifs is 1. The van der Waals surface area contributed by atoms with E-state index >= 15 is 0 Å². The average molecular weight is 237 g/mol. The summed E-state index contributed by atoms with van der Waals surface area (Å²) >= 11 is 0. The Kier molecular flexibility index (Phi) is 2.41. The molecule has 0 bridgehead atoms. The molecule has 0 aliphatic heterocycles. The molecule has 0 aliphatic carbocycles. The van der Waals surface area contributed by atoms with Crippen molar-refractivity contribution in [3.05, 3.63) is 58.6 Å². The van der Waals surface area contributed by atoms with Crippen LogP contribution in [0.15, 0.2) is 47.4 Å². The third-order valence-electron chi connectivity index (χ3n) is 2.88.